The van der Waals surface area contributed by atoms with Crippen molar-refractivity contribution in [2.45, 2.75) is 33.1 Å². The summed E-state index contributed by atoms with van der Waals surface area (Å²) in [6.45, 7) is 5.76. The van der Waals surface area contributed by atoms with E-state index in [0.29, 0.717) is 17.9 Å². The molecule has 0 spiro atoms. The van der Waals surface area contributed by atoms with Crippen LogP contribution >= 0.6 is 11.3 Å². The Hall–Kier alpha value is -3.00. The van der Waals surface area contributed by atoms with Crippen LogP contribution in [0.3, 0.4) is 0 Å². The molecule has 4 rings (SSSR count). The molecule has 3 heterocycles. The minimum atomic E-state index is -0.386. The zero-order chi connectivity index (χ0) is 21.8. The van der Waals surface area contributed by atoms with Gasteiger partial charge in [0.2, 0.25) is 5.91 Å². The van der Waals surface area contributed by atoms with Crippen molar-refractivity contribution in [2.75, 3.05) is 29.9 Å². The summed E-state index contributed by atoms with van der Waals surface area (Å²) < 4.78 is 5.03. The Morgan fingerprint density at radius 1 is 1.19 bits per heavy atom. The van der Waals surface area contributed by atoms with Crippen molar-refractivity contribution in [1.82, 2.24) is 9.97 Å². The summed E-state index contributed by atoms with van der Waals surface area (Å²) in [5, 5.41) is 4.06. The summed E-state index contributed by atoms with van der Waals surface area (Å²) >= 11 is 1.71. The smallest absolute Gasteiger partial charge is 0.338 e. The number of fused-ring (bicyclic) bond motifs is 1. The van der Waals surface area contributed by atoms with E-state index >= 15 is 0 Å². The third-order valence-electron chi connectivity index (χ3n) is 5.51. The molecule has 1 fully saturated rings. The summed E-state index contributed by atoms with van der Waals surface area (Å²) in [4.78, 5) is 38.2. The standard InChI is InChI=1S/C23H26N4O3S/c1-3-18-13-19-20(24-14-25-22(19)31-18)27-10-8-15(9-11-27)21(28)26-17-7-5-6-16(12-17)23(29)30-4-2/h5-7,12-15H,3-4,8-11H2,1-2H3,(H,26,28). The van der Waals surface area contributed by atoms with E-state index in [0.717, 1.165) is 48.4 Å². The number of ether oxygens (including phenoxy) is 1. The number of hydrogen-bond donors (Lipinski definition) is 1. The minimum absolute atomic E-state index is 0.0164. The third-order valence-corrected chi connectivity index (χ3v) is 6.70. The summed E-state index contributed by atoms with van der Waals surface area (Å²) in [5.41, 5.74) is 1.05. The number of aryl methyl sites for hydroxylation is 1. The number of aromatic nitrogens is 2. The van der Waals surface area contributed by atoms with E-state index in [9.17, 15) is 9.59 Å². The van der Waals surface area contributed by atoms with Crippen LogP contribution in [-0.2, 0) is 16.0 Å². The second-order valence-electron chi connectivity index (χ2n) is 7.53. The van der Waals surface area contributed by atoms with Crippen LogP contribution < -0.4 is 10.2 Å². The molecule has 7 nitrogen and oxygen atoms in total. The van der Waals surface area contributed by atoms with E-state index in [4.69, 9.17) is 4.74 Å². The van der Waals surface area contributed by atoms with Gasteiger partial charge in [0.1, 0.15) is 17.0 Å². The lowest BCUT2D eigenvalue weighted by Gasteiger charge is -2.32. The average molecular weight is 439 g/mol. The molecule has 0 atom stereocenters. The van der Waals surface area contributed by atoms with Gasteiger partial charge >= 0.3 is 5.97 Å². The number of benzene rings is 1. The Kier molecular flexibility index (Phi) is 6.46. The van der Waals surface area contributed by atoms with Crippen LogP contribution in [0.2, 0.25) is 0 Å². The Morgan fingerprint density at radius 3 is 2.74 bits per heavy atom. The zero-order valence-corrected chi connectivity index (χ0v) is 18.6. The molecule has 1 aliphatic heterocycles. The second-order valence-corrected chi connectivity index (χ2v) is 8.65. The molecular formula is C23H26N4O3S. The van der Waals surface area contributed by atoms with Crippen LogP contribution in [0.1, 0.15) is 41.9 Å². The largest absolute Gasteiger partial charge is 0.462 e. The zero-order valence-electron chi connectivity index (χ0n) is 17.8. The van der Waals surface area contributed by atoms with Gasteiger partial charge in [-0.2, -0.15) is 0 Å². The van der Waals surface area contributed by atoms with Gasteiger partial charge < -0.3 is 15.0 Å². The van der Waals surface area contributed by atoms with Gasteiger partial charge in [-0.1, -0.05) is 13.0 Å². The first-order valence-corrected chi connectivity index (χ1v) is 11.5. The van der Waals surface area contributed by atoms with E-state index in [-0.39, 0.29) is 17.8 Å². The number of piperidine rings is 1. The topological polar surface area (TPSA) is 84.4 Å². The van der Waals surface area contributed by atoms with Crippen LogP contribution in [0.25, 0.3) is 10.2 Å². The monoisotopic (exact) mass is 438 g/mol. The van der Waals surface area contributed by atoms with E-state index in [1.54, 1.807) is 48.9 Å². The van der Waals surface area contributed by atoms with Gasteiger partial charge in [-0.25, -0.2) is 14.8 Å². The van der Waals surface area contributed by atoms with E-state index in [1.807, 2.05) is 0 Å². The van der Waals surface area contributed by atoms with E-state index in [1.165, 1.54) is 4.88 Å². The van der Waals surface area contributed by atoms with Gasteiger partial charge in [0, 0.05) is 29.6 Å². The minimum Gasteiger partial charge on any atom is -0.462 e. The second kappa shape index (κ2) is 9.43. The van der Waals surface area contributed by atoms with Crippen LogP contribution in [0.5, 0.6) is 0 Å². The van der Waals surface area contributed by atoms with Gasteiger partial charge in [-0.3, -0.25) is 4.79 Å². The molecule has 0 radical (unpaired) electrons. The lowest BCUT2D eigenvalue weighted by Crippen LogP contribution is -2.38. The molecule has 0 aliphatic carbocycles. The number of thiophene rings is 1. The average Bonchev–Trinajstić information content (AvgIpc) is 3.23. The summed E-state index contributed by atoms with van der Waals surface area (Å²) in [7, 11) is 0. The maximum Gasteiger partial charge on any atom is 0.338 e. The van der Waals surface area contributed by atoms with Crippen molar-refractivity contribution in [3.8, 4) is 0 Å². The first kappa shape index (κ1) is 21.2. The lowest BCUT2D eigenvalue weighted by molar-refractivity contribution is -0.120. The van der Waals surface area contributed by atoms with Crippen molar-refractivity contribution in [3.05, 3.63) is 47.1 Å². The molecular weight excluding hydrogens is 412 g/mol. The summed E-state index contributed by atoms with van der Waals surface area (Å²) in [6, 6.07) is 9.06. The number of rotatable bonds is 6. The van der Waals surface area contributed by atoms with Crippen molar-refractivity contribution in [3.63, 3.8) is 0 Å². The number of hydrogen-bond acceptors (Lipinski definition) is 7. The maximum atomic E-state index is 12.8. The number of anilines is 2. The fourth-order valence-corrected chi connectivity index (χ4v) is 4.78. The Morgan fingerprint density at radius 2 is 2.00 bits per heavy atom. The van der Waals surface area contributed by atoms with Crippen molar-refractivity contribution < 1.29 is 14.3 Å². The Labute approximate surface area is 185 Å². The maximum absolute atomic E-state index is 12.8. The molecule has 8 heteroatoms. The first-order valence-electron chi connectivity index (χ1n) is 10.7. The highest BCUT2D eigenvalue weighted by Gasteiger charge is 2.27. The highest BCUT2D eigenvalue weighted by molar-refractivity contribution is 7.18. The van der Waals surface area contributed by atoms with Crippen molar-refractivity contribution in [2.24, 2.45) is 5.92 Å². The van der Waals surface area contributed by atoms with Gasteiger partial charge in [0.05, 0.1) is 17.6 Å². The molecule has 2 aromatic heterocycles. The van der Waals surface area contributed by atoms with Crippen LogP contribution in [0.4, 0.5) is 11.5 Å². The van der Waals surface area contributed by atoms with Gasteiger partial charge in [0.25, 0.3) is 0 Å². The molecule has 1 aromatic carbocycles. The number of nitrogens with one attached hydrogen (secondary N) is 1. The van der Waals surface area contributed by atoms with Crippen LogP contribution in [-0.4, -0.2) is 41.5 Å². The predicted molar refractivity (Wildman–Crippen MR) is 123 cm³/mol. The molecule has 0 unspecified atom stereocenters. The number of amides is 1. The molecule has 1 saturated heterocycles. The molecule has 162 valence electrons. The molecule has 3 aromatic rings. The molecule has 1 amide bonds. The summed E-state index contributed by atoms with van der Waals surface area (Å²) in [6.07, 6.45) is 4.11. The lowest BCUT2D eigenvalue weighted by atomic mass is 9.95. The molecule has 1 N–H and O–H groups in total. The quantitative estimate of drug-likeness (QED) is 0.578. The number of esters is 1. The normalized spacial score (nSPS) is 14.6. The first-order chi connectivity index (χ1) is 15.1. The Bertz CT molecular complexity index is 1090. The van der Waals surface area contributed by atoms with Crippen LogP contribution in [0, 0.1) is 5.92 Å². The third kappa shape index (κ3) is 4.69. The highest BCUT2D eigenvalue weighted by Crippen LogP contribution is 2.32. The molecule has 0 saturated carbocycles. The van der Waals surface area contributed by atoms with Gasteiger partial charge in [-0.05, 0) is 50.5 Å². The predicted octanol–water partition coefficient (Wildman–Crippen LogP) is 4.29. The molecule has 0 bridgehead atoms. The molecule has 31 heavy (non-hydrogen) atoms. The number of carbonyl (C=O) groups is 2. The fraction of sp³-hybridized carbons (Fsp3) is 0.391. The van der Waals surface area contributed by atoms with E-state index < -0.39 is 0 Å². The fourth-order valence-electron chi connectivity index (χ4n) is 3.86. The van der Waals surface area contributed by atoms with Gasteiger partial charge in [-0.15, -0.1) is 11.3 Å². The van der Waals surface area contributed by atoms with Crippen molar-refractivity contribution >= 4 is 44.9 Å². The SMILES string of the molecule is CCOC(=O)c1cccc(NC(=O)C2CCN(c3ncnc4sc(CC)cc34)CC2)c1. The van der Waals surface area contributed by atoms with E-state index in [2.05, 4.69) is 33.2 Å². The summed E-state index contributed by atoms with van der Waals surface area (Å²) in [5.74, 6) is 0.482. The highest BCUT2D eigenvalue weighted by atomic mass is 32.1. The number of carbonyl (C=O) groups excluding carboxylic acids is 2. The van der Waals surface area contributed by atoms with Gasteiger partial charge in [0.15, 0.2) is 0 Å². The van der Waals surface area contributed by atoms with Crippen molar-refractivity contribution in [1.29, 1.82) is 0 Å². The molecule has 1 aliphatic rings. The number of nitrogens with zero attached hydrogens (tertiary/aromatic N) is 3. The Balaban J connectivity index is 1.39. The van der Waals surface area contributed by atoms with Crippen LogP contribution in [0.15, 0.2) is 36.7 Å².